The van der Waals surface area contributed by atoms with Gasteiger partial charge in [-0.15, -0.1) is 0 Å². The molecule has 1 saturated heterocycles. The van der Waals surface area contributed by atoms with Crippen LogP contribution in [0.3, 0.4) is 0 Å². The van der Waals surface area contributed by atoms with Gasteiger partial charge in [-0.1, -0.05) is 22.9 Å². The summed E-state index contributed by atoms with van der Waals surface area (Å²) in [5.41, 5.74) is 0. The molecule has 18 heavy (non-hydrogen) atoms. The van der Waals surface area contributed by atoms with Crippen molar-refractivity contribution in [2.75, 3.05) is 37.3 Å². The Labute approximate surface area is 114 Å². The first kappa shape index (κ1) is 13.7. The van der Waals surface area contributed by atoms with E-state index in [9.17, 15) is 13.2 Å². The number of nitrogens with zero attached hydrogens (tertiary/aromatic N) is 3. The van der Waals surface area contributed by atoms with E-state index in [0.717, 1.165) is 0 Å². The molecule has 6 nitrogen and oxygen atoms in total. The first-order chi connectivity index (χ1) is 8.41. The monoisotopic (exact) mass is 309 g/mol. The van der Waals surface area contributed by atoms with Gasteiger partial charge >= 0.3 is 0 Å². The summed E-state index contributed by atoms with van der Waals surface area (Å²) in [5, 5.41) is 0.866. The van der Waals surface area contributed by atoms with Crippen molar-refractivity contribution in [2.45, 2.75) is 0 Å². The van der Waals surface area contributed by atoms with Gasteiger partial charge in [0.1, 0.15) is 4.88 Å². The third kappa shape index (κ3) is 2.82. The topological polar surface area (TPSA) is 70.6 Å². The molecule has 1 aliphatic heterocycles. The molecule has 1 aromatic heterocycles. The van der Waals surface area contributed by atoms with Crippen LogP contribution in [0.5, 0.6) is 0 Å². The third-order valence-corrected chi connectivity index (χ3v) is 5.43. The fourth-order valence-corrected chi connectivity index (χ4v) is 3.66. The van der Waals surface area contributed by atoms with Crippen molar-refractivity contribution >= 4 is 44.4 Å². The molecule has 1 aromatic rings. The van der Waals surface area contributed by atoms with Crippen LogP contribution in [0.1, 0.15) is 9.67 Å². The number of piperazine rings is 1. The molecule has 1 aliphatic rings. The number of carbonyl (C=O) groups is 1. The largest absolute Gasteiger partial charge is 0.345 e. The zero-order valence-electron chi connectivity index (χ0n) is 9.67. The maximum atomic E-state index is 11.4. The highest BCUT2D eigenvalue weighted by molar-refractivity contribution is 7.88. The Kier molecular flexibility index (Phi) is 3.90. The summed E-state index contributed by atoms with van der Waals surface area (Å²) < 4.78 is 24.2. The molecule has 0 aliphatic carbocycles. The second-order valence-corrected chi connectivity index (χ2v) is 7.27. The van der Waals surface area contributed by atoms with Crippen LogP contribution < -0.4 is 4.90 Å². The highest BCUT2D eigenvalue weighted by Crippen LogP contribution is 2.29. The first-order valence-corrected chi connectivity index (χ1v) is 8.27. The third-order valence-electron chi connectivity index (χ3n) is 2.68. The van der Waals surface area contributed by atoms with Crippen LogP contribution in [-0.2, 0) is 10.0 Å². The van der Waals surface area contributed by atoms with Crippen LogP contribution in [-0.4, -0.2) is 56.4 Å². The summed E-state index contributed by atoms with van der Waals surface area (Å²) in [5.74, 6) is 0. The molecule has 0 N–H and O–H groups in total. The van der Waals surface area contributed by atoms with E-state index in [2.05, 4.69) is 4.98 Å². The van der Waals surface area contributed by atoms with Crippen LogP contribution in [0.15, 0.2) is 0 Å². The lowest BCUT2D eigenvalue weighted by atomic mass is 10.4. The van der Waals surface area contributed by atoms with Crippen molar-refractivity contribution in [2.24, 2.45) is 0 Å². The summed E-state index contributed by atoms with van der Waals surface area (Å²) in [6, 6.07) is 0. The number of aromatic nitrogens is 1. The van der Waals surface area contributed by atoms with E-state index in [1.54, 1.807) is 0 Å². The van der Waals surface area contributed by atoms with Crippen molar-refractivity contribution in [3.63, 3.8) is 0 Å². The number of aldehydes is 1. The summed E-state index contributed by atoms with van der Waals surface area (Å²) in [7, 11) is -3.13. The number of carbonyl (C=O) groups excluding carboxylic acids is 1. The lowest BCUT2D eigenvalue weighted by Gasteiger charge is -2.32. The van der Waals surface area contributed by atoms with Gasteiger partial charge in [-0.05, 0) is 0 Å². The Hall–Kier alpha value is -0.700. The Morgan fingerprint density at radius 3 is 2.39 bits per heavy atom. The fourth-order valence-electron chi connectivity index (χ4n) is 1.72. The van der Waals surface area contributed by atoms with Gasteiger partial charge in [-0.2, -0.15) is 4.31 Å². The van der Waals surface area contributed by atoms with Crippen molar-refractivity contribution in [1.82, 2.24) is 9.29 Å². The Balaban J connectivity index is 2.07. The van der Waals surface area contributed by atoms with E-state index in [1.807, 2.05) is 4.90 Å². The minimum atomic E-state index is -3.13. The van der Waals surface area contributed by atoms with Crippen LogP contribution in [0.25, 0.3) is 0 Å². The van der Waals surface area contributed by atoms with E-state index in [1.165, 1.54) is 21.9 Å². The van der Waals surface area contributed by atoms with E-state index in [4.69, 9.17) is 11.6 Å². The lowest BCUT2D eigenvalue weighted by molar-refractivity contribution is 0.112. The standard InChI is InChI=1S/C9H12ClN3O3S2/c1-18(15,16)13-4-2-12(3-5-13)9-11-8(10)7(6-14)17-9/h6H,2-5H2,1H3. The molecule has 0 radical (unpaired) electrons. The SMILES string of the molecule is CS(=O)(=O)N1CCN(c2nc(Cl)c(C=O)s2)CC1. The maximum absolute atomic E-state index is 11.4. The maximum Gasteiger partial charge on any atom is 0.211 e. The highest BCUT2D eigenvalue weighted by atomic mass is 35.5. The van der Waals surface area contributed by atoms with Crippen LogP contribution in [0.4, 0.5) is 5.13 Å². The minimum absolute atomic E-state index is 0.204. The van der Waals surface area contributed by atoms with Crippen LogP contribution >= 0.6 is 22.9 Å². The van der Waals surface area contributed by atoms with Crippen LogP contribution in [0, 0.1) is 0 Å². The Morgan fingerprint density at radius 2 is 1.94 bits per heavy atom. The zero-order valence-corrected chi connectivity index (χ0v) is 12.1. The number of anilines is 1. The van der Waals surface area contributed by atoms with E-state index in [0.29, 0.717) is 42.5 Å². The number of hydrogen-bond acceptors (Lipinski definition) is 6. The number of hydrogen-bond donors (Lipinski definition) is 0. The van der Waals surface area contributed by atoms with Gasteiger partial charge in [-0.25, -0.2) is 13.4 Å². The molecule has 2 heterocycles. The summed E-state index contributed by atoms with van der Waals surface area (Å²) in [6.45, 7) is 1.95. The summed E-state index contributed by atoms with van der Waals surface area (Å²) in [4.78, 5) is 17.1. The molecule has 0 amide bonds. The van der Waals surface area contributed by atoms with Gasteiger partial charge in [0, 0.05) is 26.2 Å². The highest BCUT2D eigenvalue weighted by Gasteiger charge is 2.25. The van der Waals surface area contributed by atoms with E-state index < -0.39 is 10.0 Å². The molecule has 9 heteroatoms. The van der Waals surface area contributed by atoms with Crippen molar-refractivity contribution in [1.29, 1.82) is 0 Å². The lowest BCUT2D eigenvalue weighted by Crippen LogP contribution is -2.48. The molecule has 0 spiro atoms. The second-order valence-electron chi connectivity index (χ2n) is 3.92. The smallest absolute Gasteiger partial charge is 0.211 e. The van der Waals surface area contributed by atoms with Gasteiger partial charge in [0.25, 0.3) is 0 Å². The quantitative estimate of drug-likeness (QED) is 0.768. The summed E-state index contributed by atoms with van der Waals surface area (Å²) in [6.07, 6.45) is 1.88. The minimum Gasteiger partial charge on any atom is -0.345 e. The normalized spacial score (nSPS) is 18.0. The molecule has 100 valence electrons. The van der Waals surface area contributed by atoms with Crippen molar-refractivity contribution < 1.29 is 13.2 Å². The van der Waals surface area contributed by atoms with Gasteiger partial charge < -0.3 is 4.90 Å². The molecule has 0 atom stereocenters. The van der Waals surface area contributed by atoms with Crippen LogP contribution in [0.2, 0.25) is 5.15 Å². The van der Waals surface area contributed by atoms with E-state index >= 15 is 0 Å². The molecule has 0 saturated carbocycles. The van der Waals surface area contributed by atoms with Gasteiger partial charge in [-0.3, -0.25) is 4.79 Å². The Bertz CT molecular complexity index is 549. The molecule has 0 aromatic carbocycles. The average Bonchev–Trinajstić information content (AvgIpc) is 2.69. The van der Waals surface area contributed by atoms with Gasteiger partial charge in [0.05, 0.1) is 6.26 Å². The number of thiazole rings is 1. The first-order valence-electron chi connectivity index (χ1n) is 5.23. The number of halogens is 1. The van der Waals surface area contributed by atoms with Gasteiger partial charge in [0.15, 0.2) is 16.6 Å². The molecular weight excluding hydrogens is 298 g/mol. The van der Waals surface area contributed by atoms with E-state index in [-0.39, 0.29) is 5.15 Å². The Morgan fingerprint density at radius 1 is 1.33 bits per heavy atom. The predicted octanol–water partition coefficient (Wildman–Crippen LogP) is 0.691. The molecule has 0 bridgehead atoms. The average molecular weight is 310 g/mol. The fraction of sp³-hybridized carbons (Fsp3) is 0.556. The molecule has 1 fully saturated rings. The predicted molar refractivity (Wildman–Crippen MR) is 71.1 cm³/mol. The second kappa shape index (κ2) is 5.12. The van der Waals surface area contributed by atoms with Crippen molar-refractivity contribution in [3.05, 3.63) is 10.0 Å². The summed E-state index contributed by atoms with van der Waals surface area (Å²) >= 11 is 7.02. The zero-order chi connectivity index (χ0) is 13.3. The molecular formula is C9H12ClN3O3S2. The molecule has 0 unspecified atom stereocenters. The number of sulfonamides is 1. The van der Waals surface area contributed by atoms with Crippen molar-refractivity contribution in [3.8, 4) is 0 Å². The molecule has 2 rings (SSSR count). The van der Waals surface area contributed by atoms with Gasteiger partial charge in [0.2, 0.25) is 10.0 Å². The number of rotatable bonds is 3.